The fourth-order valence-corrected chi connectivity index (χ4v) is 3.25. The number of fused-ring (bicyclic) bond motifs is 1. The number of imidazole rings is 1. The van der Waals surface area contributed by atoms with Gasteiger partial charge in [0.05, 0.1) is 25.3 Å². The van der Waals surface area contributed by atoms with Gasteiger partial charge in [-0.15, -0.1) is 0 Å². The van der Waals surface area contributed by atoms with E-state index in [0.717, 1.165) is 16.7 Å². The molecule has 1 amide bonds. The predicted molar refractivity (Wildman–Crippen MR) is 120 cm³/mol. The average Bonchev–Trinajstić information content (AvgIpc) is 3.20. The van der Waals surface area contributed by atoms with E-state index in [1.807, 2.05) is 59.2 Å². The number of amides is 1. The third-order valence-corrected chi connectivity index (χ3v) is 4.80. The fourth-order valence-electron chi connectivity index (χ4n) is 3.25. The first-order valence-electron chi connectivity index (χ1n) is 9.82. The smallest absolute Gasteiger partial charge is 0.343 e. The second-order valence-electron chi connectivity index (χ2n) is 6.78. The number of carbonyl (C=O) groups is 2. The molecule has 0 bridgehead atoms. The Balaban J connectivity index is 1.64. The minimum absolute atomic E-state index is 0.264. The van der Waals surface area contributed by atoms with Crippen LogP contribution in [0.3, 0.4) is 0 Å². The minimum Gasteiger partial charge on any atom is -0.493 e. The maximum atomic E-state index is 13.0. The Bertz CT molecular complexity index is 1270. The SMILES string of the molecule is COC(=O)COc1ccc(C(=O)Nc2nc3ccccc3n2-c2ccccc2)cc1OC. The summed E-state index contributed by atoms with van der Waals surface area (Å²) in [4.78, 5) is 29.0. The molecule has 3 aromatic carbocycles. The third-order valence-electron chi connectivity index (χ3n) is 4.80. The largest absolute Gasteiger partial charge is 0.493 e. The molecule has 0 radical (unpaired) electrons. The molecule has 1 N–H and O–H groups in total. The molecule has 1 heterocycles. The number of anilines is 1. The van der Waals surface area contributed by atoms with Crippen LogP contribution < -0.4 is 14.8 Å². The highest BCUT2D eigenvalue weighted by Gasteiger charge is 2.17. The number of benzene rings is 3. The van der Waals surface area contributed by atoms with Crippen LogP contribution in [0.2, 0.25) is 0 Å². The summed E-state index contributed by atoms with van der Waals surface area (Å²) in [6.45, 7) is -0.264. The van der Waals surface area contributed by atoms with Crippen molar-refractivity contribution >= 4 is 28.9 Å². The van der Waals surface area contributed by atoms with E-state index in [1.54, 1.807) is 12.1 Å². The lowest BCUT2D eigenvalue weighted by atomic mass is 10.2. The first-order valence-corrected chi connectivity index (χ1v) is 9.82. The molecule has 0 saturated heterocycles. The van der Waals surface area contributed by atoms with Gasteiger partial charge in [-0.05, 0) is 42.5 Å². The number of methoxy groups -OCH3 is 2. The Kier molecular flexibility index (Phi) is 6.03. The summed E-state index contributed by atoms with van der Waals surface area (Å²) in [5.41, 5.74) is 2.86. The van der Waals surface area contributed by atoms with Crippen LogP contribution in [-0.2, 0) is 9.53 Å². The van der Waals surface area contributed by atoms with Crippen molar-refractivity contribution in [3.8, 4) is 17.2 Å². The predicted octanol–water partition coefficient (Wildman–Crippen LogP) is 3.84. The van der Waals surface area contributed by atoms with Crippen LogP contribution in [0.15, 0.2) is 72.8 Å². The standard InChI is InChI=1S/C24H21N3O5/c1-30-21-14-16(12-13-20(21)32-15-22(28)31-2)23(29)26-24-25-18-10-6-7-11-19(18)27(24)17-8-4-3-5-9-17/h3-14H,15H2,1-2H3,(H,25,26,29). The highest BCUT2D eigenvalue weighted by atomic mass is 16.6. The molecule has 8 nitrogen and oxygen atoms in total. The van der Waals surface area contributed by atoms with Gasteiger partial charge in [0.1, 0.15) is 0 Å². The lowest BCUT2D eigenvalue weighted by Gasteiger charge is -2.13. The van der Waals surface area contributed by atoms with Crippen LogP contribution in [-0.4, -0.2) is 42.3 Å². The van der Waals surface area contributed by atoms with Crippen molar-refractivity contribution in [2.75, 3.05) is 26.1 Å². The zero-order valence-electron chi connectivity index (χ0n) is 17.6. The quantitative estimate of drug-likeness (QED) is 0.447. The number of hydrogen-bond acceptors (Lipinski definition) is 6. The van der Waals surface area contributed by atoms with E-state index < -0.39 is 5.97 Å². The van der Waals surface area contributed by atoms with Crippen LogP contribution in [0.4, 0.5) is 5.95 Å². The number of para-hydroxylation sites is 3. The summed E-state index contributed by atoms with van der Waals surface area (Å²) >= 11 is 0. The number of hydrogen-bond donors (Lipinski definition) is 1. The molecular weight excluding hydrogens is 410 g/mol. The Labute approximate surface area is 184 Å². The number of carbonyl (C=O) groups excluding carboxylic acids is 2. The van der Waals surface area contributed by atoms with Gasteiger partial charge < -0.3 is 14.2 Å². The monoisotopic (exact) mass is 431 g/mol. The molecule has 8 heteroatoms. The normalized spacial score (nSPS) is 10.6. The molecule has 4 rings (SSSR count). The highest BCUT2D eigenvalue weighted by molar-refractivity contribution is 6.04. The van der Waals surface area contributed by atoms with Gasteiger partial charge in [-0.1, -0.05) is 30.3 Å². The molecule has 1 aromatic heterocycles. The topological polar surface area (TPSA) is 91.7 Å². The van der Waals surface area contributed by atoms with Gasteiger partial charge in [0.15, 0.2) is 18.1 Å². The highest BCUT2D eigenvalue weighted by Crippen LogP contribution is 2.29. The molecule has 0 atom stereocenters. The molecule has 0 unspecified atom stereocenters. The summed E-state index contributed by atoms with van der Waals surface area (Å²) in [6.07, 6.45) is 0. The Hall–Kier alpha value is -4.33. The second-order valence-corrected chi connectivity index (χ2v) is 6.78. The van der Waals surface area contributed by atoms with Crippen LogP contribution in [0.5, 0.6) is 11.5 Å². The van der Waals surface area contributed by atoms with Crippen molar-refractivity contribution < 1.29 is 23.8 Å². The number of aromatic nitrogens is 2. The number of esters is 1. The molecule has 0 aliphatic rings. The van der Waals surface area contributed by atoms with Gasteiger partial charge in [0.25, 0.3) is 5.91 Å². The van der Waals surface area contributed by atoms with Crippen molar-refractivity contribution in [2.45, 2.75) is 0 Å². The van der Waals surface area contributed by atoms with E-state index >= 15 is 0 Å². The zero-order valence-corrected chi connectivity index (χ0v) is 17.6. The van der Waals surface area contributed by atoms with Crippen LogP contribution >= 0.6 is 0 Å². The van der Waals surface area contributed by atoms with Crippen LogP contribution in [0.25, 0.3) is 16.7 Å². The maximum Gasteiger partial charge on any atom is 0.343 e. The molecule has 0 spiro atoms. The molecule has 32 heavy (non-hydrogen) atoms. The van der Waals surface area contributed by atoms with E-state index in [9.17, 15) is 9.59 Å². The first kappa shape index (κ1) is 20.9. The van der Waals surface area contributed by atoms with Crippen LogP contribution in [0.1, 0.15) is 10.4 Å². The molecule has 0 aliphatic carbocycles. The molecule has 162 valence electrons. The lowest BCUT2D eigenvalue weighted by Crippen LogP contribution is -2.16. The first-order chi connectivity index (χ1) is 15.6. The molecular formula is C24H21N3O5. The van der Waals surface area contributed by atoms with E-state index in [0.29, 0.717) is 23.0 Å². The molecule has 0 fully saturated rings. The average molecular weight is 431 g/mol. The zero-order chi connectivity index (χ0) is 22.5. The fraction of sp³-hybridized carbons (Fsp3) is 0.125. The number of nitrogens with zero attached hydrogens (tertiary/aromatic N) is 2. The summed E-state index contributed by atoms with van der Waals surface area (Å²) in [5, 5.41) is 2.89. The molecule has 0 aliphatic heterocycles. The molecule has 0 saturated carbocycles. The van der Waals surface area contributed by atoms with E-state index in [1.165, 1.54) is 20.3 Å². The molecule has 4 aromatic rings. The van der Waals surface area contributed by atoms with Gasteiger partial charge in [-0.25, -0.2) is 9.78 Å². The lowest BCUT2D eigenvalue weighted by molar-refractivity contribution is -0.142. The summed E-state index contributed by atoms with van der Waals surface area (Å²) in [5.74, 6) is 0.153. The van der Waals surface area contributed by atoms with Gasteiger partial charge in [-0.2, -0.15) is 0 Å². The van der Waals surface area contributed by atoms with Crippen molar-refractivity contribution in [1.29, 1.82) is 0 Å². The van der Waals surface area contributed by atoms with Gasteiger partial charge in [0, 0.05) is 11.3 Å². The third kappa shape index (κ3) is 4.24. The number of ether oxygens (including phenoxy) is 3. The Morgan fingerprint density at radius 3 is 2.44 bits per heavy atom. The van der Waals surface area contributed by atoms with Crippen molar-refractivity contribution in [1.82, 2.24) is 9.55 Å². The Morgan fingerprint density at radius 2 is 1.69 bits per heavy atom. The summed E-state index contributed by atoms with van der Waals surface area (Å²) in [6, 6.07) is 22.0. The minimum atomic E-state index is -0.520. The van der Waals surface area contributed by atoms with Crippen molar-refractivity contribution in [2.24, 2.45) is 0 Å². The van der Waals surface area contributed by atoms with Gasteiger partial charge in [0.2, 0.25) is 5.95 Å². The summed E-state index contributed by atoms with van der Waals surface area (Å²) in [7, 11) is 2.73. The van der Waals surface area contributed by atoms with Crippen LogP contribution in [0, 0.1) is 0 Å². The number of rotatable bonds is 7. The Morgan fingerprint density at radius 1 is 0.938 bits per heavy atom. The van der Waals surface area contributed by atoms with Crippen molar-refractivity contribution in [3.05, 3.63) is 78.4 Å². The maximum absolute atomic E-state index is 13.0. The second kappa shape index (κ2) is 9.22. The van der Waals surface area contributed by atoms with Gasteiger partial charge in [-0.3, -0.25) is 14.7 Å². The summed E-state index contributed by atoms with van der Waals surface area (Å²) < 4.78 is 17.2. The van der Waals surface area contributed by atoms with Crippen molar-refractivity contribution in [3.63, 3.8) is 0 Å². The van der Waals surface area contributed by atoms with E-state index in [-0.39, 0.29) is 12.5 Å². The van der Waals surface area contributed by atoms with E-state index in [2.05, 4.69) is 15.0 Å². The van der Waals surface area contributed by atoms with Gasteiger partial charge >= 0.3 is 5.97 Å². The number of nitrogens with one attached hydrogen (secondary N) is 1. The van der Waals surface area contributed by atoms with E-state index in [4.69, 9.17) is 9.47 Å².